The standard InChI is InChI=1S/C22H31BN4O3.C22H22BrN7O.C6H3Br2N3/c1-21(2)22(3,4)30-23(29-21)18-7-8-19(24-15-18)27-12-10-26(11-13-27)16-17-6-9-20(28-5)25-14-17;1-31-21-5-2-16(11-25-21)13-28-6-8-29(9-7-28)20-4-3-17(12-24-20)19-10-18(23)14-30-15-26-27-22(19)30;7-4-1-5(8)6-9-3-10-11(6)2-4/h6-9,14-15H,10-13,16H2,1-5H3;2-5,10-12,14-15H,6-9,13H2,1H3;1-3H. The summed E-state index contributed by atoms with van der Waals surface area (Å²) in [5.74, 6) is 3.30. The Morgan fingerprint density at radius 2 is 1.18 bits per heavy atom. The molecule has 22 heteroatoms. The van der Waals surface area contributed by atoms with Crippen LogP contribution in [0.3, 0.4) is 0 Å². The molecule has 18 nitrogen and oxygen atoms in total. The second-order valence-electron chi connectivity index (χ2n) is 18.6. The summed E-state index contributed by atoms with van der Waals surface area (Å²) >= 11 is 10.3. The molecule has 8 aromatic rings. The lowest BCUT2D eigenvalue weighted by Crippen LogP contribution is -2.46. The number of hydrogen-bond donors (Lipinski definition) is 0. The highest BCUT2D eigenvalue weighted by Crippen LogP contribution is 2.36. The van der Waals surface area contributed by atoms with Crippen LogP contribution < -0.4 is 24.7 Å². The Morgan fingerprint density at radius 1 is 0.611 bits per heavy atom. The average molecular weight is 1170 g/mol. The summed E-state index contributed by atoms with van der Waals surface area (Å²) in [5.41, 5.74) is 6.35. The molecule has 0 aliphatic carbocycles. The van der Waals surface area contributed by atoms with E-state index in [1.54, 1.807) is 25.1 Å². The smallest absolute Gasteiger partial charge is 0.481 e. The van der Waals surface area contributed by atoms with Crippen LogP contribution >= 0.6 is 47.8 Å². The van der Waals surface area contributed by atoms with Crippen molar-refractivity contribution in [2.24, 2.45) is 0 Å². The van der Waals surface area contributed by atoms with Gasteiger partial charge in [-0.05, 0) is 117 Å². The molecule has 0 bridgehead atoms. The van der Waals surface area contributed by atoms with Crippen molar-refractivity contribution < 1.29 is 18.8 Å². The fourth-order valence-electron chi connectivity index (χ4n) is 8.44. The van der Waals surface area contributed by atoms with E-state index in [2.05, 4.69) is 162 Å². The molecule has 3 aliphatic heterocycles. The minimum atomic E-state index is -0.369. The second kappa shape index (κ2) is 22.7. The molecule has 3 aliphatic rings. The average Bonchev–Trinajstić information content (AvgIpc) is 4.12. The lowest BCUT2D eigenvalue weighted by atomic mass is 9.80. The molecule has 0 atom stereocenters. The number of fused-ring (bicyclic) bond motifs is 2. The van der Waals surface area contributed by atoms with Crippen LogP contribution in [0.25, 0.3) is 22.4 Å². The van der Waals surface area contributed by atoms with Crippen molar-refractivity contribution >= 4 is 83.3 Å². The summed E-state index contributed by atoms with van der Waals surface area (Å²) in [5, 5.41) is 12.2. The molecule has 3 fully saturated rings. The SMILES string of the molecule is Brc1cc(Br)c2ncnn2c1.COc1ccc(CN2CCN(c3ccc(-c4cc(Br)cn5cnnc45)cn3)CC2)cn1.COc1ccc(CN2CCN(c3ccc(B4OC(C)(C)C(C)(C)O4)cn3)CC2)cn1. The first-order valence-electron chi connectivity index (χ1n) is 23.6. The molecule has 3 saturated heterocycles. The van der Waals surface area contributed by atoms with E-state index in [0.29, 0.717) is 11.8 Å². The summed E-state index contributed by atoms with van der Waals surface area (Å²) in [6.07, 6.45) is 14.6. The van der Waals surface area contributed by atoms with Crippen molar-refractivity contribution in [1.29, 1.82) is 0 Å². The zero-order valence-corrected chi connectivity index (χ0v) is 45.8. The van der Waals surface area contributed by atoms with Crippen LogP contribution in [0.2, 0.25) is 0 Å². The predicted octanol–water partition coefficient (Wildman–Crippen LogP) is 7.64. The number of anilines is 2. The normalized spacial score (nSPS) is 16.8. The minimum Gasteiger partial charge on any atom is -0.481 e. The highest BCUT2D eigenvalue weighted by Gasteiger charge is 2.51. The molecule has 11 rings (SSSR count). The van der Waals surface area contributed by atoms with Gasteiger partial charge in [0.1, 0.15) is 24.3 Å². The third-order valence-electron chi connectivity index (χ3n) is 13.2. The summed E-state index contributed by atoms with van der Waals surface area (Å²) in [6.45, 7) is 17.8. The van der Waals surface area contributed by atoms with Crippen LogP contribution in [0.1, 0.15) is 38.8 Å². The van der Waals surface area contributed by atoms with Crippen molar-refractivity contribution in [3.8, 4) is 22.9 Å². The van der Waals surface area contributed by atoms with Gasteiger partial charge in [-0.15, -0.1) is 10.2 Å². The first kappa shape index (κ1) is 51.3. The van der Waals surface area contributed by atoms with E-state index < -0.39 is 0 Å². The highest BCUT2D eigenvalue weighted by atomic mass is 79.9. The van der Waals surface area contributed by atoms with Crippen LogP contribution in [0.5, 0.6) is 11.8 Å². The quantitative estimate of drug-likeness (QED) is 0.123. The number of hydrogen-bond acceptors (Lipinski definition) is 16. The Labute approximate surface area is 444 Å². The zero-order valence-electron chi connectivity index (χ0n) is 41.1. The fraction of sp³-hybridized carbons (Fsp3) is 0.360. The first-order valence-corrected chi connectivity index (χ1v) is 26.0. The lowest BCUT2D eigenvalue weighted by molar-refractivity contribution is 0.00578. The van der Waals surface area contributed by atoms with Crippen molar-refractivity contribution in [3.63, 3.8) is 0 Å². The third-order valence-corrected chi connectivity index (χ3v) is 14.7. The summed E-state index contributed by atoms with van der Waals surface area (Å²) in [6, 6.07) is 20.3. The second-order valence-corrected chi connectivity index (χ2v) is 21.2. The molecule has 0 N–H and O–H groups in total. The molecule has 11 heterocycles. The Kier molecular flexibility index (Phi) is 16.1. The molecule has 72 heavy (non-hydrogen) atoms. The molecule has 0 amide bonds. The lowest BCUT2D eigenvalue weighted by Gasteiger charge is -2.35. The predicted molar refractivity (Wildman–Crippen MR) is 289 cm³/mol. The molecule has 0 radical (unpaired) electrons. The van der Waals surface area contributed by atoms with Gasteiger partial charge in [-0.2, -0.15) is 5.10 Å². The molecule has 0 spiro atoms. The molecule has 374 valence electrons. The zero-order chi connectivity index (χ0) is 50.4. The van der Waals surface area contributed by atoms with Crippen molar-refractivity contribution in [2.75, 3.05) is 76.4 Å². The van der Waals surface area contributed by atoms with E-state index >= 15 is 0 Å². The molecule has 8 aromatic heterocycles. The Bertz CT molecular complexity index is 3020. The van der Waals surface area contributed by atoms with Gasteiger partial charge in [0, 0.05) is 140 Å². The van der Waals surface area contributed by atoms with Gasteiger partial charge < -0.3 is 28.6 Å². The van der Waals surface area contributed by atoms with E-state index in [4.69, 9.17) is 28.8 Å². The number of ether oxygens (including phenoxy) is 2. The maximum Gasteiger partial charge on any atom is 0.496 e. The van der Waals surface area contributed by atoms with Crippen molar-refractivity contribution in [2.45, 2.75) is 52.0 Å². The van der Waals surface area contributed by atoms with Gasteiger partial charge >= 0.3 is 7.12 Å². The maximum atomic E-state index is 6.13. The summed E-state index contributed by atoms with van der Waals surface area (Å²) in [7, 11) is 2.90. The number of pyridine rings is 6. The van der Waals surface area contributed by atoms with Crippen LogP contribution in [0, 0.1) is 0 Å². The van der Waals surface area contributed by atoms with Gasteiger partial charge in [-0.25, -0.2) is 29.4 Å². The van der Waals surface area contributed by atoms with Crippen LogP contribution in [-0.4, -0.2) is 144 Å². The third kappa shape index (κ3) is 12.2. The van der Waals surface area contributed by atoms with Gasteiger partial charge in [0.25, 0.3) is 0 Å². The summed E-state index contributed by atoms with van der Waals surface area (Å²) < 4.78 is 29.0. The number of nitrogens with zero attached hydrogens (tertiary/aromatic N) is 14. The number of aromatic nitrogens is 10. The number of methoxy groups -OCH3 is 2. The van der Waals surface area contributed by atoms with Crippen LogP contribution in [0.15, 0.2) is 124 Å². The monoisotopic (exact) mass is 1160 g/mol. The number of halogens is 3. The van der Waals surface area contributed by atoms with Gasteiger partial charge in [-0.1, -0.05) is 18.2 Å². The molecule has 0 saturated carbocycles. The molecular weight excluding hydrogens is 1110 g/mol. The fourth-order valence-corrected chi connectivity index (χ4v) is 10.2. The van der Waals surface area contributed by atoms with E-state index in [1.165, 1.54) is 17.5 Å². The van der Waals surface area contributed by atoms with Gasteiger partial charge in [-0.3, -0.25) is 14.2 Å². The maximum absolute atomic E-state index is 6.13. The van der Waals surface area contributed by atoms with E-state index in [-0.39, 0.29) is 18.3 Å². The molecule has 0 unspecified atom stereocenters. The van der Waals surface area contributed by atoms with Crippen LogP contribution in [-0.2, 0) is 22.4 Å². The van der Waals surface area contributed by atoms with E-state index in [9.17, 15) is 0 Å². The summed E-state index contributed by atoms with van der Waals surface area (Å²) in [4.78, 5) is 31.6. The Hall–Kier alpha value is -5.62. The van der Waals surface area contributed by atoms with Crippen molar-refractivity contribution in [1.82, 2.24) is 58.9 Å². The topological polar surface area (TPSA) is 162 Å². The largest absolute Gasteiger partial charge is 0.496 e. The number of rotatable bonds is 10. The van der Waals surface area contributed by atoms with Crippen LogP contribution in [0.4, 0.5) is 11.6 Å². The highest BCUT2D eigenvalue weighted by molar-refractivity contribution is 9.11. The molecular formula is C50H56BBr3N14O4. The van der Waals surface area contributed by atoms with E-state index in [0.717, 1.165) is 118 Å². The van der Waals surface area contributed by atoms with E-state index in [1.807, 2.05) is 65.8 Å². The Balaban J connectivity index is 0.000000147. The van der Waals surface area contributed by atoms with Gasteiger partial charge in [0.05, 0.1) is 29.9 Å². The Morgan fingerprint density at radius 3 is 1.69 bits per heavy atom. The first-order chi connectivity index (χ1) is 34.7. The van der Waals surface area contributed by atoms with Crippen molar-refractivity contribution in [3.05, 3.63) is 135 Å². The molecule has 0 aromatic carbocycles. The van der Waals surface area contributed by atoms with Gasteiger partial charge in [0.2, 0.25) is 11.8 Å². The minimum absolute atomic E-state index is 0.341. The number of piperazine rings is 2. The van der Waals surface area contributed by atoms with Gasteiger partial charge in [0.15, 0.2) is 11.3 Å².